The molecular weight excluding hydrogens is 716 g/mol. The zero-order chi connectivity index (χ0) is 39.0. The normalized spacial score (nSPS) is 53.9. The molecule has 0 aromatic heterocycles. The fourth-order valence-electron chi connectivity index (χ4n) is 7.22. The fourth-order valence-corrected chi connectivity index (χ4v) is 7.22. The molecule has 24 heteroatoms. The van der Waals surface area contributed by atoms with Crippen molar-refractivity contribution in [2.45, 2.75) is 153 Å². The van der Waals surface area contributed by atoms with E-state index in [4.69, 9.17) is 83.8 Å². The third kappa shape index (κ3) is 8.81. The maximum Gasteiger partial charge on any atom is 0.187 e. The van der Waals surface area contributed by atoms with E-state index in [-0.39, 0.29) is 26.1 Å². The van der Waals surface area contributed by atoms with Crippen LogP contribution in [0.3, 0.4) is 0 Å². The van der Waals surface area contributed by atoms with Gasteiger partial charge in [-0.15, -0.1) is 0 Å². The van der Waals surface area contributed by atoms with E-state index >= 15 is 0 Å². The average Bonchev–Trinajstić information content (AvgIpc) is 3.43. The van der Waals surface area contributed by atoms with Gasteiger partial charge in [-0.3, -0.25) is 0 Å². The number of aliphatic hydroxyl groups is 8. The molecule has 24 nitrogen and oxygen atoms in total. The van der Waals surface area contributed by atoms with Crippen molar-refractivity contribution in [3.05, 3.63) is 0 Å². The van der Waals surface area contributed by atoms with Crippen LogP contribution in [0.1, 0.15) is 6.42 Å². The van der Waals surface area contributed by atoms with Gasteiger partial charge in [-0.2, -0.15) is 0 Å². The summed E-state index contributed by atoms with van der Waals surface area (Å²) in [5.74, 6) is 0. The van der Waals surface area contributed by atoms with Crippen molar-refractivity contribution in [1.82, 2.24) is 0 Å². The van der Waals surface area contributed by atoms with Crippen molar-refractivity contribution in [1.29, 1.82) is 0 Å². The molecule has 0 aromatic carbocycles. The van der Waals surface area contributed by atoms with E-state index in [1.165, 1.54) is 0 Å². The zero-order valence-corrected chi connectivity index (χ0v) is 28.9. The Morgan fingerprint density at radius 3 is 1.28 bits per heavy atom. The van der Waals surface area contributed by atoms with Crippen LogP contribution in [0, 0.1) is 0 Å². The summed E-state index contributed by atoms with van der Waals surface area (Å²) < 4.78 is 47.3. The van der Waals surface area contributed by atoms with Crippen LogP contribution in [0.25, 0.3) is 0 Å². The molecule has 4 aliphatic heterocycles. The number of ether oxygens (including phenoxy) is 8. The molecule has 0 aromatic rings. The van der Waals surface area contributed by atoms with Gasteiger partial charge in [0.05, 0.1) is 30.8 Å². The van der Waals surface area contributed by atoms with Crippen LogP contribution in [0.2, 0.25) is 0 Å². The number of aliphatic hydroxyl groups excluding tert-OH is 8. The van der Waals surface area contributed by atoms with Crippen LogP contribution in [-0.2, 0) is 37.9 Å². The van der Waals surface area contributed by atoms with Gasteiger partial charge >= 0.3 is 0 Å². The molecule has 4 heterocycles. The summed E-state index contributed by atoms with van der Waals surface area (Å²) in [4.78, 5) is 0. The highest BCUT2D eigenvalue weighted by molar-refractivity contribution is 5.02. The average molecular weight is 775 g/mol. The molecular formula is C29H58N8O16. The van der Waals surface area contributed by atoms with Crippen molar-refractivity contribution in [3.8, 4) is 0 Å². The van der Waals surface area contributed by atoms with Crippen LogP contribution in [0.5, 0.6) is 0 Å². The molecule has 0 spiro atoms. The van der Waals surface area contributed by atoms with Crippen LogP contribution in [0.4, 0.5) is 0 Å². The SMILES string of the molecule is NC[C@@H]1O[C@H](O[C@H]2[C@@H](O)[C@H](O[C@@H]3[C@@H](O)[C@H](N)C[C@H](N)[C@H]3O[C@H]3O[C@H](CN)[C@@H](O)[C@H](O)[C@H]3N)O[C@@H]2CO[C@@H]2O[C@H](CN)[C@@H](O)[C@H](O)[C@H]2N)[C@H](N)[C@@H](O)[C@@H]1O. The Labute approximate surface area is 304 Å². The number of nitrogens with two attached hydrogens (primary N) is 8. The molecule has 0 amide bonds. The standard InChI is InChI=1S/C29H58N8O16/c30-2-8-16(39)19(42)12(35)26(47-8)46-5-11-24(52-28-14(37)21(44)18(41)10(4-32)49-28)22(45)29(50-11)53-25-15(38)6(33)1-7(34)23(25)51-27-13(36)20(43)17(40)9(3-31)48-27/h6-29,38-45H,1-5,30-37H2/t6-,7+,8-,9-,10+,11-,12-,13-,14-,15+,16-,17-,18-,19-,20-,21-,22-,23-,24-,25-,26-,27-,28-,29+/m1/s1. The maximum absolute atomic E-state index is 11.6. The highest BCUT2D eigenvalue weighted by Gasteiger charge is 2.55. The van der Waals surface area contributed by atoms with Gasteiger partial charge < -0.3 is 125 Å². The predicted octanol–water partition coefficient (Wildman–Crippen LogP) is -11.1. The lowest BCUT2D eigenvalue weighted by molar-refractivity contribution is -0.308. The number of rotatable bonds is 12. The van der Waals surface area contributed by atoms with Crippen molar-refractivity contribution in [2.24, 2.45) is 45.9 Å². The monoisotopic (exact) mass is 774 g/mol. The number of hydrogen-bond acceptors (Lipinski definition) is 24. The molecule has 310 valence electrons. The molecule has 24 N–H and O–H groups in total. The molecule has 4 saturated heterocycles. The Morgan fingerprint density at radius 1 is 0.415 bits per heavy atom. The smallest absolute Gasteiger partial charge is 0.187 e. The minimum Gasteiger partial charge on any atom is -0.389 e. The summed E-state index contributed by atoms with van der Waals surface area (Å²) in [6.07, 6.45) is -26.3. The van der Waals surface area contributed by atoms with Gasteiger partial charge in [0.2, 0.25) is 0 Å². The maximum atomic E-state index is 11.6. The lowest BCUT2D eigenvalue weighted by atomic mass is 9.84. The first-order valence-corrected chi connectivity index (χ1v) is 17.6. The first-order chi connectivity index (χ1) is 25.0. The van der Waals surface area contributed by atoms with E-state index < -0.39 is 154 Å². The summed E-state index contributed by atoms with van der Waals surface area (Å²) in [6.45, 7) is -1.07. The van der Waals surface area contributed by atoms with E-state index in [1.807, 2.05) is 0 Å². The van der Waals surface area contributed by atoms with Gasteiger partial charge in [-0.05, 0) is 6.42 Å². The molecule has 5 rings (SSSR count). The van der Waals surface area contributed by atoms with Crippen molar-refractivity contribution >= 4 is 0 Å². The summed E-state index contributed by atoms with van der Waals surface area (Å²) in [5, 5.41) is 85.4. The molecule has 1 aliphatic carbocycles. The topological polar surface area (TPSA) is 444 Å². The Hall–Kier alpha value is -0.960. The largest absolute Gasteiger partial charge is 0.389 e. The van der Waals surface area contributed by atoms with Gasteiger partial charge in [-0.25, -0.2) is 0 Å². The molecule has 1 saturated carbocycles. The molecule has 5 fully saturated rings. The van der Waals surface area contributed by atoms with Crippen molar-refractivity contribution < 1.29 is 78.7 Å². The lowest BCUT2D eigenvalue weighted by Gasteiger charge is -2.47. The summed E-state index contributed by atoms with van der Waals surface area (Å²) in [5.41, 5.74) is 48.0. The van der Waals surface area contributed by atoms with Crippen LogP contribution in [0.15, 0.2) is 0 Å². The zero-order valence-electron chi connectivity index (χ0n) is 28.9. The van der Waals surface area contributed by atoms with E-state index in [1.54, 1.807) is 0 Å². The first-order valence-electron chi connectivity index (χ1n) is 17.6. The van der Waals surface area contributed by atoms with Gasteiger partial charge in [0.25, 0.3) is 0 Å². The Bertz CT molecular complexity index is 1160. The van der Waals surface area contributed by atoms with Crippen molar-refractivity contribution in [2.75, 3.05) is 26.2 Å². The Balaban J connectivity index is 1.37. The summed E-state index contributed by atoms with van der Waals surface area (Å²) >= 11 is 0. The molecule has 0 unspecified atom stereocenters. The van der Waals surface area contributed by atoms with E-state index in [0.29, 0.717) is 0 Å². The highest BCUT2D eigenvalue weighted by Crippen LogP contribution is 2.35. The second-order valence-corrected chi connectivity index (χ2v) is 14.2. The molecule has 53 heavy (non-hydrogen) atoms. The molecule has 24 atom stereocenters. The minimum atomic E-state index is -1.72. The highest BCUT2D eigenvalue weighted by atomic mass is 16.8. The third-order valence-corrected chi connectivity index (χ3v) is 10.6. The molecule has 0 radical (unpaired) electrons. The predicted molar refractivity (Wildman–Crippen MR) is 175 cm³/mol. The van der Waals surface area contributed by atoms with E-state index in [2.05, 4.69) is 0 Å². The quantitative estimate of drug-likeness (QED) is 0.0875. The first kappa shape index (κ1) is 43.2. The molecule has 5 aliphatic rings. The van der Waals surface area contributed by atoms with Gasteiger partial charge in [0, 0.05) is 31.7 Å². The van der Waals surface area contributed by atoms with Crippen LogP contribution >= 0.6 is 0 Å². The van der Waals surface area contributed by atoms with Crippen molar-refractivity contribution in [3.63, 3.8) is 0 Å². The second-order valence-electron chi connectivity index (χ2n) is 14.2. The number of hydrogen-bond donors (Lipinski definition) is 16. The lowest BCUT2D eigenvalue weighted by Crippen LogP contribution is -2.68. The minimum absolute atomic E-state index is 0.0365. The molecule has 0 bridgehead atoms. The van der Waals surface area contributed by atoms with Crippen LogP contribution < -0.4 is 45.9 Å². The van der Waals surface area contributed by atoms with E-state index in [9.17, 15) is 40.9 Å². The van der Waals surface area contributed by atoms with Crippen LogP contribution in [-0.4, -0.2) is 214 Å². The van der Waals surface area contributed by atoms with E-state index in [0.717, 1.165) is 0 Å². The second kappa shape index (κ2) is 18.1. The Morgan fingerprint density at radius 2 is 0.811 bits per heavy atom. The summed E-state index contributed by atoms with van der Waals surface area (Å²) in [6, 6.07) is -5.72. The van der Waals surface area contributed by atoms with Gasteiger partial charge in [0.15, 0.2) is 25.2 Å². The fraction of sp³-hybridized carbons (Fsp3) is 1.00. The third-order valence-electron chi connectivity index (χ3n) is 10.6. The van der Waals surface area contributed by atoms with Gasteiger partial charge in [0.1, 0.15) is 85.5 Å². The Kier molecular flexibility index (Phi) is 14.7. The van der Waals surface area contributed by atoms with Gasteiger partial charge in [-0.1, -0.05) is 0 Å². The summed E-state index contributed by atoms with van der Waals surface area (Å²) in [7, 11) is 0.